The molecule has 1 aliphatic heterocycles. The molecule has 0 spiro atoms. The van der Waals surface area contributed by atoms with Gasteiger partial charge in [0.15, 0.2) is 0 Å². The third kappa shape index (κ3) is 3.19. The van der Waals surface area contributed by atoms with Crippen LogP contribution in [0.25, 0.3) is 0 Å². The largest absolute Gasteiger partial charge is 0.371 e. The van der Waals surface area contributed by atoms with Gasteiger partial charge in [-0.2, -0.15) is 0 Å². The lowest BCUT2D eigenvalue weighted by Gasteiger charge is -2.29. The Kier molecular flexibility index (Phi) is 3.74. The van der Waals surface area contributed by atoms with Gasteiger partial charge in [0.05, 0.1) is 12.2 Å². The summed E-state index contributed by atoms with van der Waals surface area (Å²) in [4.78, 5) is 0. The minimum absolute atomic E-state index is 0.0171. The monoisotopic (exact) mass is 230 g/mol. The van der Waals surface area contributed by atoms with Gasteiger partial charge in [-0.3, -0.25) is 0 Å². The minimum Gasteiger partial charge on any atom is -0.371 e. The Bertz CT molecular complexity index is 236. The van der Waals surface area contributed by atoms with Gasteiger partial charge in [-0.1, -0.05) is 48.5 Å². The average Bonchev–Trinajstić information content (AvgIpc) is 2.28. The maximum Gasteiger partial charge on any atom is 0.132 e. The summed E-state index contributed by atoms with van der Waals surface area (Å²) in [6.07, 6.45) is -0.0809. The molecule has 0 aliphatic carbocycles. The molecule has 0 bridgehead atoms. The van der Waals surface area contributed by atoms with Gasteiger partial charge < -0.3 is 4.74 Å². The first-order valence-electron chi connectivity index (χ1n) is 6.32. The molecule has 96 valence electrons. The van der Waals surface area contributed by atoms with Crippen LogP contribution in [0.1, 0.15) is 54.9 Å². The van der Waals surface area contributed by atoms with Crippen molar-refractivity contribution in [2.45, 2.75) is 73.3 Å². The number of halogens is 1. The van der Waals surface area contributed by atoms with E-state index in [1.54, 1.807) is 0 Å². The van der Waals surface area contributed by atoms with E-state index in [1.807, 2.05) is 6.92 Å². The van der Waals surface area contributed by atoms with Crippen molar-refractivity contribution in [1.29, 1.82) is 0 Å². The smallest absolute Gasteiger partial charge is 0.132 e. The maximum absolute atomic E-state index is 14.2. The second-order valence-corrected chi connectivity index (χ2v) is 7.53. The molecule has 1 nitrogen and oxygen atoms in total. The molecule has 4 unspecified atom stereocenters. The van der Waals surface area contributed by atoms with Crippen LogP contribution in [-0.4, -0.2) is 18.4 Å². The van der Waals surface area contributed by atoms with Crippen molar-refractivity contribution in [1.82, 2.24) is 0 Å². The second-order valence-electron chi connectivity index (χ2n) is 7.53. The molecule has 1 fully saturated rings. The van der Waals surface area contributed by atoms with Gasteiger partial charge in [-0.05, 0) is 17.3 Å². The van der Waals surface area contributed by atoms with E-state index < -0.39 is 6.17 Å². The zero-order valence-electron chi connectivity index (χ0n) is 11.8. The average molecular weight is 230 g/mol. The fraction of sp³-hybridized carbons (Fsp3) is 1.00. The molecule has 1 aliphatic rings. The van der Waals surface area contributed by atoms with Gasteiger partial charge in [0.2, 0.25) is 0 Å². The van der Waals surface area contributed by atoms with E-state index in [0.29, 0.717) is 0 Å². The van der Waals surface area contributed by atoms with Gasteiger partial charge >= 0.3 is 0 Å². The van der Waals surface area contributed by atoms with E-state index in [-0.39, 0.29) is 29.0 Å². The number of ether oxygens (including phenoxy) is 1. The molecule has 0 radical (unpaired) electrons. The highest BCUT2D eigenvalue weighted by molar-refractivity contribution is 4.95. The van der Waals surface area contributed by atoms with E-state index in [1.165, 1.54) is 0 Å². The van der Waals surface area contributed by atoms with Crippen LogP contribution in [-0.2, 0) is 4.74 Å². The van der Waals surface area contributed by atoms with Crippen LogP contribution in [0.2, 0.25) is 0 Å². The molecular formula is C14H27FO. The number of hydrogen-bond acceptors (Lipinski definition) is 1. The first-order chi connectivity index (χ1) is 7.02. The Hall–Kier alpha value is -0.110. The molecule has 0 saturated carbocycles. The molecule has 0 aromatic rings. The normalized spacial score (nSPS) is 36.8. The molecule has 2 heteroatoms. The van der Waals surface area contributed by atoms with Gasteiger partial charge in [0, 0.05) is 5.92 Å². The summed E-state index contributed by atoms with van der Waals surface area (Å²) < 4.78 is 20.1. The summed E-state index contributed by atoms with van der Waals surface area (Å²) >= 11 is 0. The third-order valence-electron chi connectivity index (χ3n) is 3.37. The van der Waals surface area contributed by atoms with Gasteiger partial charge in [0.1, 0.15) is 6.17 Å². The molecule has 0 aromatic carbocycles. The maximum atomic E-state index is 14.2. The highest BCUT2D eigenvalue weighted by Crippen LogP contribution is 2.42. The SMILES string of the molecule is CC1C(CC(C)(C)C)OC(C(C)(C)C)C1F. The topological polar surface area (TPSA) is 9.23 Å². The Balaban J connectivity index is 2.72. The van der Waals surface area contributed by atoms with E-state index in [4.69, 9.17) is 4.74 Å². The molecule has 0 N–H and O–H groups in total. The fourth-order valence-electron chi connectivity index (χ4n) is 2.39. The van der Waals surface area contributed by atoms with Crippen LogP contribution in [0.4, 0.5) is 4.39 Å². The molecule has 1 heterocycles. The van der Waals surface area contributed by atoms with Gasteiger partial charge in [0.25, 0.3) is 0 Å². The number of rotatable bonds is 1. The van der Waals surface area contributed by atoms with Gasteiger partial charge in [-0.15, -0.1) is 0 Å². The van der Waals surface area contributed by atoms with E-state index in [2.05, 4.69) is 41.5 Å². The zero-order valence-corrected chi connectivity index (χ0v) is 11.8. The molecule has 4 atom stereocenters. The summed E-state index contributed by atoms with van der Waals surface area (Å²) in [7, 11) is 0. The highest BCUT2D eigenvalue weighted by Gasteiger charge is 2.47. The van der Waals surface area contributed by atoms with Crippen molar-refractivity contribution in [2.24, 2.45) is 16.7 Å². The quantitative estimate of drug-likeness (QED) is 0.655. The minimum atomic E-state index is -0.827. The van der Waals surface area contributed by atoms with Crippen LogP contribution in [0.3, 0.4) is 0 Å². The van der Waals surface area contributed by atoms with Gasteiger partial charge in [-0.25, -0.2) is 4.39 Å². The molecule has 16 heavy (non-hydrogen) atoms. The summed E-state index contributed by atoms with van der Waals surface area (Å²) in [5.74, 6) is 0.0171. The van der Waals surface area contributed by atoms with E-state index in [0.717, 1.165) is 6.42 Å². The lowest BCUT2D eigenvalue weighted by atomic mass is 9.81. The van der Waals surface area contributed by atoms with Crippen molar-refractivity contribution < 1.29 is 9.13 Å². The summed E-state index contributed by atoms with van der Waals surface area (Å²) in [6, 6.07) is 0. The second kappa shape index (κ2) is 4.29. The van der Waals surface area contributed by atoms with Crippen molar-refractivity contribution in [3.05, 3.63) is 0 Å². The Labute approximate surface area is 99.8 Å². The van der Waals surface area contributed by atoms with Crippen molar-refractivity contribution in [3.63, 3.8) is 0 Å². The predicted molar refractivity (Wildman–Crippen MR) is 66.2 cm³/mol. The molecule has 1 rings (SSSR count). The van der Waals surface area contributed by atoms with Crippen LogP contribution in [0.15, 0.2) is 0 Å². The summed E-state index contributed by atoms with van der Waals surface area (Å²) in [5.41, 5.74) is 0.0890. The lowest BCUT2D eigenvalue weighted by molar-refractivity contribution is -0.0468. The van der Waals surface area contributed by atoms with E-state index in [9.17, 15) is 4.39 Å². The standard InChI is InChI=1S/C14H27FO/c1-9-10(8-13(2,3)4)16-12(11(9)15)14(5,6)7/h9-12H,8H2,1-7H3. The van der Waals surface area contributed by atoms with Crippen LogP contribution >= 0.6 is 0 Å². The molecule has 1 saturated heterocycles. The van der Waals surface area contributed by atoms with Crippen molar-refractivity contribution in [3.8, 4) is 0 Å². The summed E-state index contributed by atoms with van der Waals surface area (Å²) in [6.45, 7) is 14.7. The van der Waals surface area contributed by atoms with E-state index >= 15 is 0 Å². The Morgan fingerprint density at radius 1 is 1.06 bits per heavy atom. The fourth-order valence-corrected chi connectivity index (χ4v) is 2.39. The van der Waals surface area contributed by atoms with Crippen LogP contribution in [0.5, 0.6) is 0 Å². The molecule has 0 aromatic heterocycles. The number of alkyl halides is 1. The van der Waals surface area contributed by atoms with Crippen LogP contribution < -0.4 is 0 Å². The first kappa shape index (κ1) is 14.0. The van der Waals surface area contributed by atoms with Crippen molar-refractivity contribution in [2.75, 3.05) is 0 Å². The predicted octanol–water partition coefficient (Wildman–Crippen LogP) is 4.21. The highest BCUT2D eigenvalue weighted by atomic mass is 19.1. The molecule has 0 amide bonds. The first-order valence-corrected chi connectivity index (χ1v) is 6.32. The Morgan fingerprint density at radius 3 is 1.88 bits per heavy atom. The zero-order chi connectivity index (χ0) is 12.7. The lowest BCUT2D eigenvalue weighted by Crippen LogP contribution is -2.33. The summed E-state index contributed by atoms with van der Waals surface area (Å²) in [5, 5.41) is 0. The number of hydrogen-bond donors (Lipinski definition) is 0. The molecular weight excluding hydrogens is 203 g/mol. The van der Waals surface area contributed by atoms with Crippen molar-refractivity contribution >= 4 is 0 Å². The Morgan fingerprint density at radius 2 is 1.56 bits per heavy atom. The van der Waals surface area contributed by atoms with Crippen LogP contribution in [0, 0.1) is 16.7 Å². The third-order valence-corrected chi connectivity index (χ3v) is 3.37.